The Morgan fingerprint density at radius 1 is 0.909 bits per heavy atom. The summed E-state index contributed by atoms with van der Waals surface area (Å²) in [7, 11) is 0. The lowest BCUT2D eigenvalue weighted by atomic mass is 10.1. The average molecular weight is 156 g/mol. The molecule has 2 aliphatic rings. The average Bonchev–Trinajstić information content (AvgIpc) is 2.79. The Labute approximate surface area is 67.9 Å². The monoisotopic (exact) mass is 156 g/mol. The summed E-state index contributed by atoms with van der Waals surface area (Å²) < 4.78 is 10.6. The zero-order valence-corrected chi connectivity index (χ0v) is 7.25. The molecule has 0 aromatic carbocycles. The molecule has 0 amide bonds. The van der Waals surface area contributed by atoms with Crippen LogP contribution in [0.15, 0.2) is 0 Å². The van der Waals surface area contributed by atoms with Gasteiger partial charge in [-0.25, -0.2) is 0 Å². The first-order valence-electron chi connectivity index (χ1n) is 4.58. The second-order valence-electron chi connectivity index (χ2n) is 3.69. The van der Waals surface area contributed by atoms with Gasteiger partial charge in [-0.3, -0.25) is 0 Å². The van der Waals surface area contributed by atoms with E-state index in [2.05, 4.69) is 13.8 Å². The van der Waals surface area contributed by atoms with Crippen LogP contribution in [0.3, 0.4) is 0 Å². The van der Waals surface area contributed by atoms with E-state index in [-0.39, 0.29) is 0 Å². The molecular formula is C9H16O2. The second-order valence-corrected chi connectivity index (χ2v) is 3.69. The minimum atomic E-state index is 0.535. The van der Waals surface area contributed by atoms with Crippen LogP contribution in [0.5, 0.6) is 0 Å². The molecule has 4 unspecified atom stereocenters. The van der Waals surface area contributed by atoms with E-state index in [1.807, 2.05) is 0 Å². The molecule has 2 rings (SSSR count). The molecule has 4 atom stereocenters. The first kappa shape index (κ1) is 7.56. The van der Waals surface area contributed by atoms with Crippen LogP contribution in [0, 0.1) is 0 Å². The second kappa shape index (κ2) is 2.76. The topological polar surface area (TPSA) is 25.1 Å². The highest BCUT2D eigenvalue weighted by Gasteiger charge is 2.36. The summed E-state index contributed by atoms with van der Waals surface area (Å²) in [4.78, 5) is 0. The fourth-order valence-electron chi connectivity index (χ4n) is 1.59. The highest BCUT2D eigenvalue weighted by atomic mass is 16.6. The Balaban J connectivity index is 1.48. The van der Waals surface area contributed by atoms with Gasteiger partial charge in [0.05, 0.1) is 24.4 Å². The van der Waals surface area contributed by atoms with E-state index in [0.29, 0.717) is 24.4 Å². The standard InChI is InChI=1S/C9H16O2/c1-6-8(10-6)4-3-5-9-7(2)11-9/h6-9H,3-5H2,1-2H3. The van der Waals surface area contributed by atoms with E-state index in [4.69, 9.17) is 9.47 Å². The Bertz CT molecular complexity index is 130. The summed E-state index contributed by atoms with van der Waals surface area (Å²) in [5.41, 5.74) is 0. The van der Waals surface area contributed by atoms with Crippen molar-refractivity contribution in [1.82, 2.24) is 0 Å². The third-order valence-corrected chi connectivity index (χ3v) is 2.65. The van der Waals surface area contributed by atoms with Crippen molar-refractivity contribution < 1.29 is 9.47 Å². The van der Waals surface area contributed by atoms with Gasteiger partial charge in [0.1, 0.15) is 0 Å². The van der Waals surface area contributed by atoms with Crippen molar-refractivity contribution in [3.63, 3.8) is 0 Å². The predicted octanol–water partition coefficient (Wildman–Crippen LogP) is 1.73. The van der Waals surface area contributed by atoms with Crippen LogP contribution in [0.25, 0.3) is 0 Å². The van der Waals surface area contributed by atoms with Crippen molar-refractivity contribution in [2.75, 3.05) is 0 Å². The van der Waals surface area contributed by atoms with Crippen LogP contribution in [0.4, 0.5) is 0 Å². The van der Waals surface area contributed by atoms with Crippen LogP contribution in [-0.2, 0) is 9.47 Å². The van der Waals surface area contributed by atoms with Gasteiger partial charge >= 0.3 is 0 Å². The van der Waals surface area contributed by atoms with Gasteiger partial charge in [0, 0.05) is 0 Å². The maximum absolute atomic E-state index is 5.31. The van der Waals surface area contributed by atoms with E-state index in [1.165, 1.54) is 19.3 Å². The van der Waals surface area contributed by atoms with Gasteiger partial charge in [0.25, 0.3) is 0 Å². The summed E-state index contributed by atoms with van der Waals surface area (Å²) in [5, 5.41) is 0. The van der Waals surface area contributed by atoms with Crippen molar-refractivity contribution in [1.29, 1.82) is 0 Å². The Morgan fingerprint density at radius 2 is 1.27 bits per heavy atom. The summed E-state index contributed by atoms with van der Waals surface area (Å²) >= 11 is 0. The number of epoxide rings is 2. The van der Waals surface area contributed by atoms with Gasteiger partial charge in [-0.15, -0.1) is 0 Å². The van der Waals surface area contributed by atoms with Gasteiger partial charge in [-0.05, 0) is 33.1 Å². The maximum atomic E-state index is 5.31. The molecule has 0 radical (unpaired) electrons. The number of rotatable bonds is 4. The van der Waals surface area contributed by atoms with E-state index in [0.717, 1.165) is 0 Å². The minimum absolute atomic E-state index is 0.535. The molecule has 11 heavy (non-hydrogen) atoms. The predicted molar refractivity (Wildman–Crippen MR) is 42.5 cm³/mol. The van der Waals surface area contributed by atoms with Crippen molar-refractivity contribution in [3.8, 4) is 0 Å². The lowest BCUT2D eigenvalue weighted by molar-refractivity contribution is 0.347. The molecule has 2 fully saturated rings. The van der Waals surface area contributed by atoms with Gasteiger partial charge < -0.3 is 9.47 Å². The lowest BCUT2D eigenvalue weighted by Crippen LogP contribution is -1.94. The normalized spacial score (nSPS) is 47.5. The van der Waals surface area contributed by atoms with Crippen LogP contribution >= 0.6 is 0 Å². The molecule has 0 aromatic heterocycles. The third-order valence-electron chi connectivity index (χ3n) is 2.65. The van der Waals surface area contributed by atoms with Crippen molar-refractivity contribution >= 4 is 0 Å². The fraction of sp³-hybridized carbons (Fsp3) is 1.00. The number of hydrogen-bond donors (Lipinski definition) is 0. The molecule has 2 saturated heterocycles. The van der Waals surface area contributed by atoms with E-state index in [9.17, 15) is 0 Å². The van der Waals surface area contributed by atoms with Gasteiger partial charge in [-0.2, -0.15) is 0 Å². The van der Waals surface area contributed by atoms with Crippen LogP contribution < -0.4 is 0 Å². The molecule has 0 N–H and O–H groups in total. The largest absolute Gasteiger partial charge is 0.370 e. The molecule has 0 saturated carbocycles. The Hall–Kier alpha value is -0.0800. The summed E-state index contributed by atoms with van der Waals surface area (Å²) in [5.74, 6) is 0. The smallest absolute Gasteiger partial charge is 0.0839 e. The van der Waals surface area contributed by atoms with Gasteiger partial charge in [0.2, 0.25) is 0 Å². The van der Waals surface area contributed by atoms with Crippen molar-refractivity contribution in [2.45, 2.75) is 57.5 Å². The fourth-order valence-corrected chi connectivity index (χ4v) is 1.59. The number of ether oxygens (including phenoxy) is 2. The zero-order chi connectivity index (χ0) is 7.84. The first-order valence-corrected chi connectivity index (χ1v) is 4.58. The molecule has 2 heteroatoms. The molecule has 2 aliphatic heterocycles. The quantitative estimate of drug-likeness (QED) is 0.579. The number of hydrogen-bond acceptors (Lipinski definition) is 2. The molecule has 2 nitrogen and oxygen atoms in total. The van der Waals surface area contributed by atoms with E-state index in [1.54, 1.807) is 0 Å². The van der Waals surface area contributed by atoms with Crippen LogP contribution in [0.2, 0.25) is 0 Å². The summed E-state index contributed by atoms with van der Waals surface area (Å²) in [6.07, 6.45) is 5.94. The molecule has 0 aliphatic carbocycles. The van der Waals surface area contributed by atoms with Crippen LogP contribution in [0.1, 0.15) is 33.1 Å². The van der Waals surface area contributed by atoms with E-state index >= 15 is 0 Å². The third kappa shape index (κ3) is 1.94. The molecule has 0 spiro atoms. The SMILES string of the molecule is CC1OC1CCCC1OC1C. The van der Waals surface area contributed by atoms with Crippen LogP contribution in [-0.4, -0.2) is 24.4 Å². The van der Waals surface area contributed by atoms with Crippen molar-refractivity contribution in [3.05, 3.63) is 0 Å². The molecule has 0 bridgehead atoms. The summed E-state index contributed by atoms with van der Waals surface area (Å²) in [6, 6.07) is 0. The molecule has 0 aromatic rings. The molecule has 2 heterocycles. The Morgan fingerprint density at radius 3 is 1.55 bits per heavy atom. The highest BCUT2D eigenvalue weighted by Crippen LogP contribution is 2.30. The minimum Gasteiger partial charge on any atom is -0.370 e. The van der Waals surface area contributed by atoms with E-state index < -0.39 is 0 Å². The highest BCUT2D eigenvalue weighted by molar-refractivity contribution is 4.83. The van der Waals surface area contributed by atoms with Gasteiger partial charge in [-0.1, -0.05) is 0 Å². The van der Waals surface area contributed by atoms with Crippen molar-refractivity contribution in [2.24, 2.45) is 0 Å². The lowest BCUT2D eigenvalue weighted by Gasteiger charge is -1.92. The summed E-state index contributed by atoms with van der Waals surface area (Å²) in [6.45, 7) is 4.28. The first-order chi connectivity index (χ1) is 5.27. The maximum Gasteiger partial charge on any atom is 0.0839 e. The molecular weight excluding hydrogens is 140 g/mol. The molecule has 64 valence electrons. The van der Waals surface area contributed by atoms with Gasteiger partial charge in [0.15, 0.2) is 0 Å². The Kier molecular flexibility index (Phi) is 1.90. The zero-order valence-electron chi connectivity index (χ0n) is 7.25.